The molecule has 0 spiro atoms. The summed E-state index contributed by atoms with van der Waals surface area (Å²) in [5.74, 6) is 0. The van der Waals surface area contributed by atoms with E-state index in [1.807, 2.05) is 0 Å². The molecule has 2 nitrogen and oxygen atoms in total. The van der Waals surface area contributed by atoms with Gasteiger partial charge in [-0.2, -0.15) is 0 Å². The van der Waals surface area contributed by atoms with Crippen LogP contribution in [0, 0.1) is 0 Å². The smallest absolute Gasteiger partial charge is 0.0192 e. The predicted molar refractivity (Wildman–Crippen MR) is 74.0 cm³/mol. The largest absolute Gasteiger partial charge is 0.316 e. The Morgan fingerprint density at radius 1 is 1.35 bits per heavy atom. The molecule has 0 aromatic heterocycles. The molecule has 0 amide bonds. The Kier molecular flexibility index (Phi) is 4.77. The van der Waals surface area contributed by atoms with E-state index in [2.05, 4.69) is 59.7 Å². The van der Waals surface area contributed by atoms with Crippen LogP contribution in [-0.2, 0) is 0 Å². The van der Waals surface area contributed by atoms with Crippen LogP contribution in [-0.4, -0.2) is 37.6 Å². The summed E-state index contributed by atoms with van der Waals surface area (Å²) >= 11 is 0. The first-order valence-electron chi connectivity index (χ1n) is 6.49. The monoisotopic (exact) mass is 230 g/mol. The van der Waals surface area contributed by atoms with Gasteiger partial charge in [0.15, 0.2) is 0 Å². The van der Waals surface area contributed by atoms with Gasteiger partial charge in [-0.05, 0) is 32.0 Å². The van der Waals surface area contributed by atoms with Crippen LogP contribution < -0.4 is 5.32 Å². The van der Waals surface area contributed by atoms with Gasteiger partial charge in [-0.15, -0.1) is 0 Å². The summed E-state index contributed by atoms with van der Waals surface area (Å²) in [6, 6.07) is 11.2. The standard InChI is InChI=1S/C15H22N2/c1-16-15-10-6-12-17(13-15)11-5-9-14-7-3-2-4-8-14/h2-5,7-9,15-16H,6,10-13H2,1H3. The Morgan fingerprint density at radius 2 is 2.18 bits per heavy atom. The topological polar surface area (TPSA) is 15.3 Å². The van der Waals surface area contributed by atoms with Crippen molar-refractivity contribution in [1.29, 1.82) is 0 Å². The highest BCUT2D eigenvalue weighted by Gasteiger charge is 2.16. The van der Waals surface area contributed by atoms with Crippen LogP contribution in [0.4, 0.5) is 0 Å². The van der Waals surface area contributed by atoms with Crippen molar-refractivity contribution in [2.24, 2.45) is 0 Å². The minimum Gasteiger partial charge on any atom is -0.316 e. The first-order valence-corrected chi connectivity index (χ1v) is 6.49. The second-order valence-corrected chi connectivity index (χ2v) is 4.70. The minimum absolute atomic E-state index is 0.675. The van der Waals surface area contributed by atoms with Crippen LogP contribution in [0.2, 0.25) is 0 Å². The van der Waals surface area contributed by atoms with Gasteiger partial charge in [0.1, 0.15) is 0 Å². The molecule has 1 aliphatic rings. The van der Waals surface area contributed by atoms with Crippen LogP contribution in [0.15, 0.2) is 36.4 Å². The summed E-state index contributed by atoms with van der Waals surface area (Å²) in [5.41, 5.74) is 1.29. The maximum Gasteiger partial charge on any atom is 0.0192 e. The second-order valence-electron chi connectivity index (χ2n) is 4.70. The van der Waals surface area contributed by atoms with E-state index in [4.69, 9.17) is 0 Å². The van der Waals surface area contributed by atoms with Crippen molar-refractivity contribution in [3.05, 3.63) is 42.0 Å². The average molecular weight is 230 g/mol. The number of nitrogens with zero attached hydrogens (tertiary/aromatic N) is 1. The van der Waals surface area contributed by atoms with Crippen molar-refractivity contribution in [2.75, 3.05) is 26.7 Å². The zero-order valence-corrected chi connectivity index (χ0v) is 10.6. The summed E-state index contributed by atoms with van der Waals surface area (Å²) in [6.07, 6.45) is 7.11. The fourth-order valence-corrected chi connectivity index (χ4v) is 2.36. The predicted octanol–water partition coefficient (Wildman–Crippen LogP) is 2.38. The fourth-order valence-electron chi connectivity index (χ4n) is 2.36. The highest BCUT2D eigenvalue weighted by molar-refractivity contribution is 5.48. The van der Waals surface area contributed by atoms with Crippen molar-refractivity contribution in [3.63, 3.8) is 0 Å². The molecule has 1 aromatic carbocycles. The molecule has 2 rings (SSSR count). The molecule has 1 atom stereocenters. The van der Waals surface area contributed by atoms with Crippen LogP contribution in [0.5, 0.6) is 0 Å². The third kappa shape index (κ3) is 3.99. The molecule has 0 aliphatic carbocycles. The number of likely N-dealkylation sites (N-methyl/N-ethyl adjacent to an activating group) is 1. The number of hydrogen-bond acceptors (Lipinski definition) is 2. The molecule has 1 unspecified atom stereocenters. The maximum atomic E-state index is 3.38. The van der Waals surface area contributed by atoms with Gasteiger partial charge in [-0.25, -0.2) is 0 Å². The zero-order valence-electron chi connectivity index (χ0n) is 10.6. The van der Waals surface area contributed by atoms with E-state index < -0.39 is 0 Å². The van der Waals surface area contributed by atoms with Crippen molar-refractivity contribution >= 4 is 6.08 Å². The molecule has 0 radical (unpaired) electrons. The summed E-state index contributed by atoms with van der Waals surface area (Å²) in [7, 11) is 2.06. The van der Waals surface area contributed by atoms with Gasteiger partial charge in [-0.3, -0.25) is 4.90 Å². The van der Waals surface area contributed by atoms with Crippen molar-refractivity contribution in [1.82, 2.24) is 10.2 Å². The second kappa shape index (κ2) is 6.58. The van der Waals surface area contributed by atoms with Crippen LogP contribution in [0.1, 0.15) is 18.4 Å². The molecule has 0 bridgehead atoms. The van der Waals surface area contributed by atoms with Gasteiger partial charge >= 0.3 is 0 Å². The van der Waals surface area contributed by atoms with Crippen LogP contribution >= 0.6 is 0 Å². The zero-order chi connectivity index (χ0) is 11.9. The van der Waals surface area contributed by atoms with E-state index >= 15 is 0 Å². The highest BCUT2D eigenvalue weighted by atomic mass is 15.2. The molecule has 92 valence electrons. The number of likely N-dealkylation sites (tertiary alicyclic amines) is 1. The fraction of sp³-hybridized carbons (Fsp3) is 0.467. The number of piperidine rings is 1. The summed E-state index contributed by atoms with van der Waals surface area (Å²) in [4.78, 5) is 2.52. The molecule has 17 heavy (non-hydrogen) atoms. The molecule has 1 saturated heterocycles. The summed E-state index contributed by atoms with van der Waals surface area (Å²) in [5, 5.41) is 3.38. The average Bonchev–Trinajstić information content (AvgIpc) is 2.40. The Morgan fingerprint density at radius 3 is 2.94 bits per heavy atom. The Labute approximate surface area is 104 Å². The van der Waals surface area contributed by atoms with E-state index in [-0.39, 0.29) is 0 Å². The molecule has 1 aromatic rings. The third-order valence-corrected chi connectivity index (χ3v) is 3.39. The summed E-state index contributed by atoms with van der Waals surface area (Å²) in [6.45, 7) is 3.47. The van der Waals surface area contributed by atoms with Crippen molar-refractivity contribution in [2.45, 2.75) is 18.9 Å². The molecule has 2 heteroatoms. The van der Waals surface area contributed by atoms with Gasteiger partial charge < -0.3 is 5.32 Å². The van der Waals surface area contributed by atoms with Crippen molar-refractivity contribution in [3.8, 4) is 0 Å². The van der Waals surface area contributed by atoms with Gasteiger partial charge in [0.25, 0.3) is 0 Å². The van der Waals surface area contributed by atoms with Gasteiger partial charge in [-0.1, -0.05) is 42.5 Å². The Hall–Kier alpha value is -1.12. The van der Waals surface area contributed by atoms with E-state index in [1.54, 1.807) is 0 Å². The van der Waals surface area contributed by atoms with Crippen LogP contribution in [0.3, 0.4) is 0 Å². The first kappa shape index (κ1) is 12.3. The lowest BCUT2D eigenvalue weighted by molar-refractivity contribution is 0.213. The SMILES string of the molecule is CNC1CCCN(CC=Cc2ccccc2)C1. The number of hydrogen-bond donors (Lipinski definition) is 1. The maximum absolute atomic E-state index is 3.38. The Bertz CT molecular complexity index is 345. The van der Waals surface area contributed by atoms with E-state index in [9.17, 15) is 0 Å². The molecular weight excluding hydrogens is 208 g/mol. The lowest BCUT2D eigenvalue weighted by Gasteiger charge is -2.31. The van der Waals surface area contributed by atoms with Crippen molar-refractivity contribution < 1.29 is 0 Å². The molecule has 1 fully saturated rings. The van der Waals surface area contributed by atoms with E-state index in [0.29, 0.717) is 6.04 Å². The Balaban J connectivity index is 1.80. The minimum atomic E-state index is 0.675. The molecule has 1 aliphatic heterocycles. The quantitative estimate of drug-likeness (QED) is 0.854. The lowest BCUT2D eigenvalue weighted by atomic mass is 10.1. The van der Waals surface area contributed by atoms with Gasteiger partial charge in [0.2, 0.25) is 0 Å². The summed E-state index contributed by atoms with van der Waals surface area (Å²) < 4.78 is 0. The highest BCUT2D eigenvalue weighted by Crippen LogP contribution is 2.10. The molecule has 1 N–H and O–H groups in total. The van der Waals surface area contributed by atoms with Crippen LogP contribution in [0.25, 0.3) is 6.08 Å². The van der Waals surface area contributed by atoms with E-state index in [1.165, 1.54) is 31.5 Å². The molecule has 1 heterocycles. The normalized spacial score (nSPS) is 22.1. The number of rotatable bonds is 4. The number of benzene rings is 1. The number of nitrogens with one attached hydrogen (secondary N) is 1. The molecular formula is C15H22N2. The lowest BCUT2D eigenvalue weighted by Crippen LogP contribution is -2.44. The third-order valence-electron chi connectivity index (χ3n) is 3.39. The van der Waals surface area contributed by atoms with Gasteiger partial charge in [0, 0.05) is 19.1 Å². The molecule has 0 saturated carbocycles. The van der Waals surface area contributed by atoms with Gasteiger partial charge in [0.05, 0.1) is 0 Å². The van der Waals surface area contributed by atoms with E-state index in [0.717, 1.165) is 6.54 Å². The first-order chi connectivity index (χ1) is 8.38.